The Hall–Kier alpha value is -1.60. The molecule has 2 N–H and O–H groups in total. The molecule has 0 aliphatic heterocycles. The van der Waals surface area contributed by atoms with Crippen molar-refractivity contribution >= 4 is 15.7 Å². The van der Waals surface area contributed by atoms with Gasteiger partial charge in [-0.05, 0) is 32.9 Å². The molecule has 1 rings (SSSR count). The Bertz CT molecular complexity index is 613. The van der Waals surface area contributed by atoms with E-state index in [1.54, 1.807) is 20.8 Å². The number of benzene rings is 1. The van der Waals surface area contributed by atoms with E-state index < -0.39 is 21.4 Å². The molecule has 0 spiro atoms. The largest absolute Gasteiger partial charge is 0.492 e. The number of nitrogen functional groups attached to an aromatic ring is 1. The first-order valence-corrected chi connectivity index (χ1v) is 7.76. The third-order valence-corrected chi connectivity index (χ3v) is 4.99. The molecule has 0 aliphatic carbocycles. The van der Waals surface area contributed by atoms with Crippen molar-refractivity contribution in [1.29, 1.82) is 0 Å². The van der Waals surface area contributed by atoms with Gasteiger partial charge in [0.05, 0.1) is 17.7 Å². The number of ether oxygens (including phenoxy) is 1. The number of rotatable bonds is 5. The lowest BCUT2D eigenvalue weighted by molar-refractivity contribution is 0.269. The fourth-order valence-corrected chi connectivity index (χ4v) is 3.74. The van der Waals surface area contributed by atoms with E-state index in [-0.39, 0.29) is 22.9 Å². The smallest absolute Gasteiger partial charge is 0.244 e. The summed E-state index contributed by atoms with van der Waals surface area (Å²) >= 11 is 0. The Morgan fingerprint density at radius 3 is 2.38 bits per heavy atom. The minimum Gasteiger partial charge on any atom is -0.492 e. The summed E-state index contributed by atoms with van der Waals surface area (Å²) in [5, 5.41) is 0. The van der Waals surface area contributed by atoms with Crippen LogP contribution < -0.4 is 10.5 Å². The molecular weight excluding hydrogens is 295 g/mol. The molecule has 0 radical (unpaired) electrons. The van der Waals surface area contributed by atoms with Crippen molar-refractivity contribution in [3.05, 3.63) is 30.6 Å². The molecule has 1 aromatic carbocycles. The van der Waals surface area contributed by atoms with Gasteiger partial charge < -0.3 is 10.5 Å². The minimum absolute atomic E-state index is 0.0662. The lowest BCUT2D eigenvalue weighted by Gasteiger charge is -2.33. The summed E-state index contributed by atoms with van der Waals surface area (Å²) < 4.78 is 45.3. The van der Waals surface area contributed by atoms with Crippen LogP contribution >= 0.6 is 0 Å². The van der Waals surface area contributed by atoms with Gasteiger partial charge in [-0.3, -0.25) is 0 Å². The highest BCUT2D eigenvalue weighted by Crippen LogP contribution is 2.31. The predicted molar refractivity (Wildman–Crippen MR) is 81.2 cm³/mol. The normalized spacial score (nSPS) is 12.5. The Labute approximate surface area is 125 Å². The number of anilines is 1. The zero-order valence-electron chi connectivity index (χ0n) is 12.7. The van der Waals surface area contributed by atoms with Crippen LogP contribution in [0, 0.1) is 5.82 Å². The molecule has 7 heteroatoms. The first kappa shape index (κ1) is 17.5. The summed E-state index contributed by atoms with van der Waals surface area (Å²) in [4.78, 5) is -0.213. The van der Waals surface area contributed by atoms with Crippen LogP contribution in [0.15, 0.2) is 29.7 Å². The Kier molecular flexibility index (Phi) is 5.01. The highest BCUT2D eigenvalue weighted by Gasteiger charge is 2.34. The van der Waals surface area contributed by atoms with Gasteiger partial charge in [-0.2, -0.15) is 4.31 Å². The lowest BCUT2D eigenvalue weighted by Crippen LogP contribution is -2.45. The van der Waals surface area contributed by atoms with Crippen LogP contribution in [-0.2, 0) is 10.0 Å². The summed E-state index contributed by atoms with van der Waals surface area (Å²) in [5.41, 5.74) is 4.90. The number of nitrogens with two attached hydrogens (primary N) is 1. The van der Waals surface area contributed by atoms with Crippen LogP contribution in [-0.4, -0.2) is 31.9 Å². The van der Waals surface area contributed by atoms with Crippen LogP contribution in [0.3, 0.4) is 0 Å². The first-order chi connectivity index (χ1) is 9.55. The maximum atomic E-state index is 13.9. The van der Waals surface area contributed by atoms with E-state index in [2.05, 4.69) is 6.58 Å². The molecule has 5 nitrogen and oxygen atoms in total. The van der Waals surface area contributed by atoms with E-state index in [4.69, 9.17) is 10.5 Å². The van der Waals surface area contributed by atoms with Crippen LogP contribution in [0.2, 0.25) is 0 Å². The molecule has 0 aromatic heterocycles. The standard InChI is InChI=1S/C14H21FN2O3S/c1-6-7-17(14(2,3)4)21(18,19)10-8-11(15)13(20-5)12(16)9-10/h6,8-9H,1,7,16H2,2-5H3. The Morgan fingerprint density at radius 2 is 2.00 bits per heavy atom. The Morgan fingerprint density at radius 1 is 1.43 bits per heavy atom. The van der Waals surface area contributed by atoms with Gasteiger partial charge in [-0.15, -0.1) is 6.58 Å². The molecule has 0 unspecified atom stereocenters. The second-order valence-electron chi connectivity index (χ2n) is 5.52. The van der Waals surface area contributed by atoms with E-state index in [1.807, 2.05) is 0 Å². The van der Waals surface area contributed by atoms with Crippen molar-refractivity contribution in [2.75, 3.05) is 19.4 Å². The predicted octanol–water partition coefficient (Wildman–Crippen LogP) is 2.39. The second-order valence-corrected chi connectivity index (χ2v) is 7.39. The van der Waals surface area contributed by atoms with E-state index in [0.717, 1.165) is 6.07 Å². The van der Waals surface area contributed by atoms with Crippen molar-refractivity contribution in [3.8, 4) is 5.75 Å². The zero-order chi connectivity index (χ0) is 16.4. The summed E-state index contributed by atoms with van der Waals surface area (Å²) in [5.74, 6) is -0.983. The van der Waals surface area contributed by atoms with E-state index in [9.17, 15) is 12.8 Å². The van der Waals surface area contributed by atoms with Gasteiger partial charge in [0.1, 0.15) is 0 Å². The number of halogens is 1. The summed E-state index contributed by atoms with van der Waals surface area (Å²) in [6, 6.07) is 2.10. The van der Waals surface area contributed by atoms with Crippen molar-refractivity contribution in [1.82, 2.24) is 4.31 Å². The first-order valence-electron chi connectivity index (χ1n) is 6.32. The monoisotopic (exact) mass is 316 g/mol. The maximum Gasteiger partial charge on any atom is 0.244 e. The summed E-state index contributed by atoms with van der Waals surface area (Å²) in [6.45, 7) is 8.91. The molecule has 0 fully saturated rings. The molecule has 0 saturated carbocycles. The van der Waals surface area contributed by atoms with E-state index in [0.29, 0.717) is 0 Å². The molecule has 0 bridgehead atoms. The van der Waals surface area contributed by atoms with Gasteiger partial charge in [0, 0.05) is 12.1 Å². The number of methoxy groups -OCH3 is 1. The molecule has 0 amide bonds. The second kappa shape index (κ2) is 6.03. The highest BCUT2D eigenvalue weighted by atomic mass is 32.2. The summed E-state index contributed by atoms with van der Waals surface area (Å²) in [6.07, 6.45) is 1.48. The van der Waals surface area contributed by atoms with Gasteiger partial charge in [-0.25, -0.2) is 12.8 Å². The van der Waals surface area contributed by atoms with Crippen LogP contribution in [0.25, 0.3) is 0 Å². The van der Waals surface area contributed by atoms with Gasteiger partial charge >= 0.3 is 0 Å². The quantitative estimate of drug-likeness (QED) is 0.669. The van der Waals surface area contributed by atoms with Crippen LogP contribution in [0.5, 0.6) is 5.75 Å². The fourth-order valence-electron chi connectivity index (χ4n) is 1.93. The third-order valence-electron chi connectivity index (χ3n) is 2.88. The van der Waals surface area contributed by atoms with Crippen LogP contribution in [0.1, 0.15) is 20.8 Å². The fraction of sp³-hybridized carbons (Fsp3) is 0.429. The third kappa shape index (κ3) is 3.54. The van der Waals surface area contributed by atoms with Crippen LogP contribution in [0.4, 0.5) is 10.1 Å². The molecule has 0 atom stereocenters. The van der Waals surface area contributed by atoms with Crippen molar-refractivity contribution < 1.29 is 17.5 Å². The van der Waals surface area contributed by atoms with E-state index in [1.165, 1.54) is 23.6 Å². The molecule has 21 heavy (non-hydrogen) atoms. The van der Waals surface area contributed by atoms with Crippen molar-refractivity contribution in [2.45, 2.75) is 31.2 Å². The van der Waals surface area contributed by atoms with Gasteiger partial charge in [0.2, 0.25) is 10.0 Å². The molecule has 0 saturated heterocycles. The van der Waals surface area contributed by atoms with Gasteiger partial charge in [-0.1, -0.05) is 6.08 Å². The van der Waals surface area contributed by atoms with Gasteiger partial charge in [0.25, 0.3) is 0 Å². The minimum atomic E-state index is -3.90. The molecule has 0 heterocycles. The Balaban J connectivity index is 3.46. The molecule has 1 aromatic rings. The number of nitrogens with zero attached hydrogens (tertiary/aromatic N) is 1. The summed E-state index contributed by atoms with van der Waals surface area (Å²) in [7, 11) is -2.64. The zero-order valence-corrected chi connectivity index (χ0v) is 13.5. The molecular formula is C14H21FN2O3S. The lowest BCUT2D eigenvalue weighted by atomic mass is 10.1. The molecule has 0 aliphatic rings. The topological polar surface area (TPSA) is 72.6 Å². The van der Waals surface area contributed by atoms with Crippen molar-refractivity contribution in [2.24, 2.45) is 0 Å². The average Bonchev–Trinajstić information content (AvgIpc) is 2.33. The van der Waals surface area contributed by atoms with Gasteiger partial charge in [0.15, 0.2) is 11.6 Å². The maximum absolute atomic E-state index is 13.9. The number of sulfonamides is 1. The number of hydrogen-bond acceptors (Lipinski definition) is 4. The molecule has 118 valence electrons. The highest BCUT2D eigenvalue weighted by molar-refractivity contribution is 7.89. The van der Waals surface area contributed by atoms with Crippen molar-refractivity contribution in [3.63, 3.8) is 0 Å². The van der Waals surface area contributed by atoms with E-state index >= 15 is 0 Å². The SMILES string of the molecule is C=CCN(C(C)(C)C)S(=O)(=O)c1cc(N)c(OC)c(F)c1. The number of hydrogen-bond donors (Lipinski definition) is 1. The average molecular weight is 316 g/mol.